The molecule has 34 heavy (non-hydrogen) atoms. The number of hydrogen-bond acceptors (Lipinski definition) is 8. The van der Waals surface area contributed by atoms with Gasteiger partial charge in [-0.05, 0) is 44.6 Å². The molecule has 0 aliphatic carbocycles. The van der Waals surface area contributed by atoms with Gasteiger partial charge in [0.25, 0.3) is 0 Å². The second kappa shape index (κ2) is 16.0. The van der Waals surface area contributed by atoms with Crippen LogP contribution in [0.25, 0.3) is 0 Å². The van der Waals surface area contributed by atoms with E-state index in [1.54, 1.807) is 13.8 Å². The van der Waals surface area contributed by atoms with Gasteiger partial charge in [-0.1, -0.05) is 38.3 Å². The number of primary amides is 1. The van der Waals surface area contributed by atoms with E-state index >= 15 is 0 Å². The minimum atomic E-state index is -1.31. The number of nitrogens with two attached hydrogens (primary N) is 1. The Morgan fingerprint density at radius 2 is 1.74 bits per heavy atom. The fourth-order valence-electron chi connectivity index (χ4n) is 3.70. The highest BCUT2D eigenvalue weighted by atomic mass is 16.5. The van der Waals surface area contributed by atoms with E-state index in [1.807, 2.05) is 19.1 Å². The van der Waals surface area contributed by atoms with Crippen LogP contribution in [0.1, 0.15) is 65.7 Å². The average Bonchev–Trinajstić information content (AvgIpc) is 2.77. The minimum absolute atomic E-state index is 0.0260. The molecule has 1 fully saturated rings. The molecule has 1 rings (SSSR count). The van der Waals surface area contributed by atoms with E-state index in [4.69, 9.17) is 15.2 Å². The van der Waals surface area contributed by atoms with Crippen molar-refractivity contribution in [3.8, 4) is 0 Å². The molecule has 0 spiro atoms. The molecule has 0 bridgehead atoms. The normalized spacial score (nSPS) is 26.3. The smallest absolute Gasteiger partial charge is 0.330 e. The summed E-state index contributed by atoms with van der Waals surface area (Å²) in [4.78, 5) is 22.7. The summed E-state index contributed by atoms with van der Waals surface area (Å²) in [6.07, 6.45) is 4.66. The van der Waals surface area contributed by atoms with E-state index in [1.165, 1.54) is 6.08 Å². The maximum atomic E-state index is 12.0. The van der Waals surface area contributed by atoms with Gasteiger partial charge in [0.1, 0.15) is 18.3 Å². The number of hydrogen-bond donors (Lipinski definition) is 5. The van der Waals surface area contributed by atoms with Gasteiger partial charge in [-0.25, -0.2) is 4.79 Å². The summed E-state index contributed by atoms with van der Waals surface area (Å²) in [7, 11) is 0. The summed E-state index contributed by atoms with van der Waals surface area (Å²) in [5.41, 5.74) is 5.36. The molecule has 9 heteroatoms. The molecule has 7 atom stereocenters. The van der Waals surface area contributed by atoms with Crippen LogP contribution in [0.3, 0.4) is 0 Å². The fraction of sp³-hybridized carbons (Fsp3) is 0.760. The molecular formula is C25H43NO8. The first-order chi connectivity index (χ1) is 16.0. The van der Waals surface area contributed by atoms with Crippen LogP contribution in [0.4, 0.5) is 0 Å². The average molecular weight is 486 g/mol. The van der Waals surface area contributed by atoms with Crippen molar-refractivity contribution < 1.29 is 39.5 Å². The van der Waals surface area contributed by atoms with Crippen LogP contribution >= 0.6 is 0 Å². The van der Waals surface area contributed by atoms with Gasteiger partial charge in [-0.2, -0.15) is 0 Å². The number of amides is 1. The molecule has 196 valence electrons. The molecule has 0 saturated carbocycles. The predicted molar refractivity (Wildman–Crippen MR) is 127 cm³/mol. The molecule has 1 aliphatic heterocycles. The van der Waals surface area contributed by atoms with Crippen molar-refractivity contribution in [1.82, 2.24) is 0 Å². The van der Waals surface area contributed by atoms with Gasteiger partial charge in [-0.15, -0.1) is 0 Å². The van der Waals surface area contributed by atoms with Gasteiger partial charge in [0.05, 0.1) is 25.4 Å². The second-order valence-corrected chi connectivity index (χ2v) is 9.29. The minimum Gasteiger partial charge on any atom is -0.463 e. The van der Waals surface area contributed by atoms with E-state index < -0.39 is 36.5 Å². The van der Waals surface area contributed by atoms with E-state index in [0.29, 0.717) is 19.3 Å². The first kappa shape index (κ1) is 30.3. The highest BCUT2D eigenvalue weighted by molar-refractivity contribution is 5.82. The Labute approximate surface area is 202 Å². The molecule has 0 radical (unpaired) electrons. The Bertz CT molecular complexity index is 678. The van der Waals surface area contributed by atoms with Crippen LogP contribution in [0.15, 0.2) is 23.8 Å². The van der Waals surface area contributed by atoms with Gasteiger partial charge in [0.15, 0.2) is 0 Å². The Hall–Kier alpha value is -1.78. The monoisotopic (exact) mass is 485 g/mol. The lowest BCUT2D eigenvalue weighted by atomic mass is 9.86. The van der Waals surface area contributed by atoms with Crippen LogP contribution in [-0.2, 0) is 19.1 Å². The van der Waals surface area contributed by atoms with Crippen LogP contribution < -0.4 is 5.73 Å². The quantitative estimate of drug-likeness (QED) is 0.101. The van der Waals surface area contributed by atoms with Crippen LogP contribution in [-0.4, -0.2) is 76.0 Å². The van der Waals surface area contributed by atoms with Gasteiger partial charge in [0, 0.05) is 18.4 Å². The van der Waals surface area contributed by atoms with Crippen molar-refractivity contribution in [1.29, 1.82) is 0 Å². The number of esters is 1. The molecular weight excluding hydrogens is 442 g/mol. The summed E-state index contributed by atoms with van der Waals surface area (Å²) in [6, 6.07) is 0. The molecule has 7 unspecified atom stereocenters. The predicted octanol–water partition coefficient (Wildman–Crippen LogP) is 1.36. The van der Waals surface area contributed by atoms with E-state index in [-0.39, 0.29) is 36.5 Å². The van der Waals surface area contributed by atoms with Gasteiger partial charge in [-0.3, -0.25) is 4.79 Å². The van der Waals surface area contributed by atoms with Gasteiger partial charge < -0.3 is 35.6 Å². The Morgan fingerprint density at radius 1 is 1.09 bits per heavy atom. The van der Waals surface area contributed by atoms with Crippen molar-refractivity contribution in [2.45, 2.75) is 96.2 Å². The third kappa shape index (κ3) is 11.1. The molecule has 1 amide bonds. The van der Waals surface area contributed by atoms with Crippen molar-refractivity contribution in [2.24, 2.45) is 17.6 Å². The highest BCUT2D eigenvalue weighted by Crippen LogP contribution is 2.27. The molecule has 1 aliphatic rings. The molecule has 0 aromatic heterocycles. The number of aliphatic hydroxyl groups excluding tert-OH is 4. The lowest BCUT2D eigenvalue weighted by molar-refractivity contribution is -0.187. The lowest BCUT2D eigenvalue weighted by Gasteiger charge is -2.39. The topological polar surface area (TPSA) is 160 Å². The molecule has 1 heterocycles. The maximum absolute atomic E-state index is 12.0. The molecule has 0 aromatic carbocycles. The molecule has 1 saturated heterocycles. The zero-order valence-electron chi connectivity index (χ0n) is 20.6. The molecule has 6 N–H and O–H groups in total. The fourth-order valence-corrected chi connectivity index (χ4v) is 3.70. The van der Waals surface area contributed by atoms with Crippen molar-refractivity contribution >= 4 is 11.9 Å². The van der Waals surface area contributed by atoms with Crippen LogP contribution in [0.2, 0.25) is 0 Å². The Balaban J connectivity index is 2.41. The highest BCUT2D eigenvalue weighted by Gasteiger charge is 2.41. The zero-order valence-corrected chi connectivity index (χ0v) is 20.6. The second-order valence-electron chi connectivity index (χ2n) is 9.29. The number of allylic oxidation sites excluding steroid dienone is 1. The van der Waals surface area contributed by atoms with E-state index in [2.05, 4.69) is 0 Å². The van der Waals surface area contributed by atoms with Crippen molar-refractivity contribution in [2.75, 3.05) is 13.2 Å². The number of rotatable bonds is 15. The first-order valence-electron chi connectivity index (χ1n) is 12.2. The number of ether oxygens (including phenoxy) is 2. The van der Waals surface area contributed by atoms with Crippen LogP contribution in [0.5, 0.6) is 0 Å². The third-order valence-corrected chi connectivity index (χ3v) is 6.25. The number of carbonyl (C=O) groups is 2. The Kier molecular flexibility index (Phi) is 14.2. The summed E-state index contributed by atoms with van der Waals surface area (Å²) in [5, 5.41) is 41.1. The summed E-state index contributed by atoms with van der Waals surface area (Å²) in [6.45, 7) is 5.51. The SMILES string of the molecule is CC(=CC(=O)OCCCCCCCC(N)=O)C(O)C1OCC(CC=CC(C)C(C)O)C(O)C1O. The number of unbranched alkanes of at least 4 members (excludes halogenated alkanes) is 4. The third-order valence-electron chi connectivity index (χ3n) is 6.25. The summed E-state index contributed by atoms with van der Waals surface area (Å²) < 4.78 is 10.8. The van der Waals surface area contributed by atoms with Crippen molar-refractivity contribution in [3.63, 3.8) is 0 Å². The molecule has 9 nitrogen and oxygen atoms in total. The van der Waals surface area contributed by atoms with Crippen molar-refractivity contribution in [3.05, 3.63) is 23.8 Å². The standard InChI is InChI=1S/C25H43NO8/c1-16(18(3)27)10-9-11-19-15-34-25(24(32)23(19)31)22(30)17(2)14-21(29)33-13-8-6-4-5-7-12-20(26)28/h9-10,14,16,18-19,22-25,27,30-32H,4-8,11-13,15H2,1-3H3,(H2,26,28). The largest absolute Gasteiger partial charge is 0.463 e. The van der Waals surface area contributed by atoms with E-state index in [0.717, 1.165) is 25.7 Å². The molecule has 0 aromatic rings. The zero-order chi connectivity index (χ0) is 25.7. The Morgan fingerprint density at radius 3 is 2.38 bits per heavy atom. The van der Waals surface area contributed by atoms with Gasteiger partial charge >= 0.3 is 5.97 Å². The lowest BCUT2D eigenvalue weighted by Crippen LogP contribution is -2.54. The summed E-state index contributed by atoms with van der Waals surface area (Å²) in [5.74, 6) is -1.26. The maximum Gasteiger partial charge on any atom is 0.330 e. The number of carbonyl (C=O) groups excluding carboxylic acids is 2. The van der Waals surface area contributed by atoms with Gasteiger partial charge in [0.2, 0.25) is 5.91 Å². The first-order valence-corrected chi connectivity index (χ1v) is 12.2. The van der Waals surface area contributed by atoms with E-state index in [9.17, 15) is 30.0 Å². The summed E-state index contributed by atoms with van der Waals surface area (Å²) >= 11 is 0. The van der Waals surface area contributed by atoms with Crippen LogP contribution in [0, 0.1) is 11.8 Å². The number of aliphatic hydroxyl groups is 4.